The first kappa shape index (κ1) is 15.5. The Hall–Kier alpha value is -1.87. The lowest BCUT2D eigenvalue weighted by Crippen LogP contribution is -2.24. The maximum Gasteiger partial charge on any atom is 0.123 e. The lowest BCUT2D eigenvalue weighted by atomic mass is 10.1. The van der Waals surface area contributed by atoms with Crippen LogP contribution in [0.4, 0.5) is 4.39 Å². The van der Waals surface area contributed by atoms with Crippen LogP contribution in [-0.2, 0) is 13.0 Å². The third-order valence-electron chi connectivity index (χ3n) is 3.16. The van der Waals surface area contributed by atoms with Crippen LogP contribution in [0.5, 0.6) is 5.75 Å². The minimum atomic E-state index is -0.232. The molecule has 112 valence electrons. The van der Waals surface area contributed by atoms with Crippen molar-refractivity contribution in [1.82, 2.24) is 5.32 Å². The first-order valence-electron chi connectivity index (χ1n) is 7.33. The smallest absolute Gasteiger partial charge is 0.123 e. The number of rotatable bonds is 7. The number of halogens is 1. The molecule has 3 heteroatoms. The van der Waals surface area contributed by atoms with Gasteiger partial charge in [0.1, 0.15) is 18.2 Å². The van der Waals surface area contributed by atoms with E-state index in [0.29, 0.717) is 12.6 Å². The zero-order chi connectivity index (χ0) is 15.1. The number of ether oxygens (including phenoxy) is 1. The van der Waals surface area contributed by atoms with Crippen molar-refractivity contribution in [2.45, 2.75) is 32.9 Å². The summed E-state index contributed by atoms with van der Waals surface area (Å²) in [5.41, 5.74) is 2.07. The third kappa shape index (κ3) is 5.56. The van der Waals surface area contributed by atoms with Crippen LogP contribution < -0.4 is 10.1 Å². The Labute approximate surface area is 126 Å². The zero-order valence-electron chi connectivity index (χ0n) is 12.6. The van der Waals surface area contributed by atoms with E-state index in [-0.39, 0.29) is 5.82 Å². The number of hydrogen-bond acceptors (Lipinski definition) is 2. The van der Waals surface area contributed by atoms with Crippen molar-refractivity contribution < 1.29 is 9.13 Å². The van der Waals surface area contributed by atoms with E-state index in [0.717, 1.165) is 24.3 Å². The molecule has 0 fully saturated rings. The number of benzene rings is 2. The van der Waals surface area contributed by atoms with Crippen molar-refractivity contribution in [3.8, 4) is 5.75 Å². The Morgan fingerprint density at radius 3 is 2.57 bits per heavy atom. The van der Waals surface area contributed by atoms with Gasteiger partial charge in [-0.1, -0.05) is 38.1 Å². The molecule has 0 saturated heterocycles. The van der Waals surface area contributed by atoms with E-state index in [4.69, 9.17) is 4.74 Å². The fraction of sp³-hybridized carbons (Fsp3) is 0.333. The highest BCUT2D eigenvalue weighted by molar-refractivity contribution is 5.29. The van der Waals surface area contributed by atoms with Crippen LogP contribution in [0.1, 0.15) is 25.0 Å². The SMILES string of the molecule is CC(C)NCCc1cccc(OCc2cccc(F)c2)c1. The van der Waals surface area contributed by atoms with Crippen LogP contribution in [0, 0.1) is 5.82 Å². The molecule has 0 bridgehead atoms. The summed E-state index contributed by atoms with van der Waals surface area (Å²) in [4.78, 5) is 0. The molecule has 0 saturated carbocycles. The van der Waals surface area contributed by atoms with E-state index < -0.39 is 0 Å². The van der Waals surface area contributed by atoms with Gasteiger partial charge in [-0.2, -0.15) is 0 Å². The second-order valence-electron chi connectivity index (χ2n) is 5.42. The summed E-state index contributed by atoms with van der Waals surface area (Å²) in [6, 6.07) is 15.0. The predicted octanol–water partition coefficient (Wildman–Crippen LogP) is 3.95. The minimum absolute atomic E-state index is 0.232. The molecular weight excluding hydrogens is 265 g/mol. The molecular formula is C18H22FNO. The molecule has 0 aliphatic rings. The van der Waals surface area contributed by atoms with Gasteiger partial charge in [0.15, 0.2) is 0 Å². The minimum Gasteiger partial charge on any atom is -0.489 e. The van der Waals surface area contributed by atoms with Gasteiger partial charge in [0, 0.05) is 6.04 Å². The molecule has 2 rings (SSSR count). The largest absolute Gasteiger partial charge is 0.489 e. The van der Waals surface area contributed by atoms with E-state index in [1.54, 1.807) is 6.07 Å². The fourth-order valence-electron chi connectivity index (χ4n) is 2.09. The van der Waals surface area contributed by atoms with E-state index in [1.807, 2.05) is 24.3 Å². The van der Waals surface area contributed by atoms with Gasteiger partial charge < -0.3 is 10.1 Å². The monoisotopic (exact) mass is 287 g/mol. The van der Waals surface area contributed by atoms with Crippen molar-refractivity contribution in [3.05, 3.63) is 65.5 Å². The van der Waals surface area contributed by atoms with Gasteiger partial charge in [0.25, 0.3) is 0 Å². The third-order valence-corrected chi connectivity index (χ3v) is 3.16. The molecule has 21 heavy (non-hydrogen) atoms. The molecule has 2 aromatic carbocycles. The molecule has 0 amide bonds. The second-order valence-corrected chi connectivity index (χ2v) is 5.42. The lowest BCUT2D eigenvalue weighted by Gasteiger charge is -2.10. The van der Waals surface area contributed by atoms with Gasteiger partial charge in [0.2, 0.25) is 0 Å². The first-order chi connectivity index (χ1) is 10.1. The maximum atomic E-state index is 13.1. The Morgan fingerprint density at radius 1 is 1.05 bits per heavy atom. The molecule has 0 aliphatic heterocycles. The van der Waals surface area contributed by atoms with E-state index in [1.165, 1.54) is 17.7 Å². The van der Waals surface area contributed by atoms with Gasteiger partial charge in [0.05, 0.1) is 0 Å². The molecule has 0 aliphatic carbocycles. The molecule has 0 unspecified atom stereocenters. The van der Waals surface area contributed by atoms with Crippen molar-refractivity contribution >= 4 is 0 Å². The van der Waals surface area contributed by atoms with Crippen molar-refractivity contribution in [2.24, 2.45) is 0 Å². The first-order valence-corrected chi connectivity index (χ1v) is 7.33. The summed E-state index contributed by atoms with van der Waals surface area (Å²) >= 11 is 0. The molecule has 0 heterocycles. The van der Waals surface area contributed by atoms with Gasteiger partial charge >= 0.3 is 0 Å². The summed E-state index contributed by atoms with van der Waals surface area (Å²) in [5, 5.41) is 3.40. The van der Waals surface area contributed by atoms with Gasteiger partial charge in [-0.05, 0) is 48.4 Å². The number of nitrogens with one attached hydrogen (secondary N) is 1. The molecule has 2 aromatic rings. The Morgan fingerprint density at radius 2 is 1.81 bits per heavy atom. The summed E-state index contributed by atoms with van der Waals surface area (Å²) in [6.45, 7) is 5.60. The second kappa shape index (κ2) is 7.79. The highest BCUT2D eigenvalue weighted by Gasteiger charge is 2.00. The van der Waals surface area contributed by atoms with Crippen LogP contribution in [0.2, 0.25) is 0 Å². The van der Waals surface area contributed by atoms with Crippen LogP contribution in [0.15, 0.2) is 48.5 Å². The van der Waals surface area contributed by atoms with Crippen LogP contribution in [0.3, 0.4) is 0 Å². The van der Waals surface area contributed by atoms with Crippen LogP contribution in [-0.4, -0.2) is 12.6 Å². The number of hydrogen-bond donors (Lipinski definition) is 1. The maximum absolute atomic E-state index is 13.1. The highest BCUT2D eigenvalue weighted by atomic mass is 19.1. The van der Waals surface area contributed by atoms with Gasteiger partial charge in [-0.25, -0.2) is 4.39 Å². The summed E-state index contributed by atoms with van der Waals surface area (Å²) in [6.07, 6.45) is 0.968. The van der Waals surface area contributed by atoms with Gasteiger partial charge in [-0.3, -0.25) is 0 Å². The zero-order valence-corrected chi connectivity index (χ0v) is 12.6. The molecule has 0 spiro atoms. The van der Waals surface area contributed by atoms with Crippen LogP contribution >= 0.6 is 0 Å². The molecule has 0 radical (unpaired) electrons. The predicted molar refractivity (Wildman–Crippen MR) is 84.0 cm³/mol. The average Bonchev–Trinajstić information content (AvgIpc) is 2.45. The van der Waals surface area contributed by atoms with Crippen molar-refractivity contribution in [1.29, 1.82) is 0 Å². The standard InChI is InChI=1S/C18H22FNO/c1-14(2)20-10-9-15-5-4-8-18(12-15)21-13-16-6-3-7-17(19)11-16/h3-8,11-12,14,20H,9-10,13H2,1-2H3. The van der Waals surface area contributed by atoms with Crippen LogP contribution in [0.25, 0.3) is 0 Å². The van der Waals surface area contributed by atoms with E-state index in [2.05, 4.69) is 25.2 Å². The molecule has 1 N–H and O–H groups in total. The average molecular weight is 287 g/mol. The Balaban J connectivity index is 1.88. The summed E-state index contributed by atoms with van der Waals surface area (Å²) in [5.74, 6) is 0.589. The topological polar surface area (TPSA) is 21.3 Å². The molecule has 2 nitrogen and oxygen atoms in total. The Bertz CT molecular complexity index is 569. The molecule has 0 aromatic heterocycles. The summed E-state index contributed by atoms with van der Waals surface area (Å²) in [7, 11) is 0. The van der Waals surface area contributed by atoms with Gasteiger partial charge in [-0.15, -0.1) is 0 Å². The quantitative estimate of drug-likeness (QED) is 0.832. The van der Waals surface area contributed by atoms with E-state index >= 15 is 0 Å². The summed E-state index contributed by atoms with van der Waals surface area (Å²) < 4.78 is 18.8. The molecule has 0 atom stereocenters. The lowest BCUT2D eigenvalue weighted by molar-refractivity contribution is 0.305. The van der Waals surface area contributed by atoms with Crippen molar-refractivity contribution in [2.75, 3.05) is 6.54 Å². The highest BCUT2D eigenvalue weighted by Crippen LogP contribution is 2.16. The van der Waals surface area contributed by atoms with Crippen molar-refractivity contribution in [3.63, 3.8) is 0 Å². The fourth-order valence-corrected chi connectivity index (χ4v) is 2.09. The van der Waals surface area contributed by atoms with E-state index in [9.17, 15) is 4.39 Å². The Kier molecular flexibility index (Phi) is 5.76. The normalized spacial score (nSPS) is 10.9.